The summed E-state index contributed by atoms with van der Waals surface area (Å²) in [6.45, 7) is 4.63. The number of fused-ring (bicyclic) bond motifs is 1. The number of H-pyrrole nitrogens is 1. The summed E-state index contributed by atoms with van der Waals surface area (Å²) in [4.78, 5) is 0. The van der Waals surface area contributed by atoms with Gasteiger partial charge in [-0.2, -0.15) is 5.26 Å². The van der Waals surface area contributed by atoms with Gasteiger partial charge in [-0.15, -0.1) is 5.10 Å². The Hall–Kier alpha value is -3.14. The molecule has 3 N–H and O–H groups in total. The first-order valence-corrected chi connectivity index (χ1v) is 8.53. The first kappa shape index (κ1) is 17.7. The molecule has 7 heteroatoms. The van der Waals surface area contributed by atoms with Gasteiger partial charge in [0, 0.05) is 11.3 Å². The highest BCUT2D eigenvalue weighted by molar-refractivity contribution is 5.57. The molecule has 1 aromatic carbocycles. The molecule has 26 heavy (non-hydrogen) atoms. The van der Waals surface area contributed by atoms with Crippen LogP contribution < -0.4 is 19.9 Å². The van der Waals surface area contributed by atoms with Gasteiger partial charge in [0.1, 0.15) is 11.6 Å². The molecule has 0 saturated heterocycles. The van der Waals surface area contributed by atoms with Crippen molar-refractivity contribution in [2.45, 2.75) is 32.6 Å². The van der Waals surface area contributed by atoms with Crippen molar-refractivity contribution in [3.8, 4) is 23.4 Å². The van der Waals surface area contributed by atoms with Gasteiger partial charge in [-0.05, 0) is 31.0 Å². The number of benzene rings is 1. The van der Waals surface area contributed by atoms with Gasteiger partial charge in [0.25, 0.3) is 0 Å². The first-order chi connectivity index (χ1) is 12.6. The number of hydrogen-bond acceptors (Lipinski definition) is 6. The second kappa shape index (κ2) is 7.40. The highest BCUT2D eigenvalue weighted by Gasteiger charge is 2.34. The molecule has 7 nitrogen and oxygen atoms in total. The van der Waals surface area contributed by atoms with Gasteiger partial charge in [-0.3, -0.25) is 5.10 Å². The van der Waals surface area contributed by atoms with Crippen molar-refractivity contribution in [2.75, 3.05) is 13.7 Å². The lowest BCUT2D eigenvalue weighted by atomic mass is 9.84. The summed E-state index contributed by atoms with van der Waals surface area (Å²) in [5, 5.41) is 16.6. The lowest BCUT2D eigenvalue weighted by Gasteiger charge is -2.24. The molecular formula is C19H22N4O3. The number of allylic oxidation sites excluding steroid dienone is 1. The summed E-state index contributed by atoms with van der Waals surface area (Å²) in [7, 11) is 1.60. The van der Waals surface area contributed by atoms with E-state index in [2.05, 4.69) is 23.2 Å². The number of ether oxygens (including phenoxy) is 3. The number of nitrogens with one attached hydrogen (secondary N) is 1. The first-order valence-electron chi connectivity index (χ1n) is 8.53. The summed E-state index contributed by atoms with van der Waals surface area (Å²) in [6, 6.07) is 7.82. The van der Waals surface area contributed by atoms with Crippen molar-refractivity contribution in [2.24, 2.45) is 5.73 Å². The monoisotopic (exact) mass is 354 g/mol. The summed E-state index contributed by atoms with van der Waals surface area (Å²) in [5.41, 5.74) is 8.79. The van der Waals surface area contributed by atoms with Crippen LogP contribution >= 0.6 is 0 Å². The number of aromatic amines is 1. The molecule has 0 spiro atoms. The Bertz CT molecular complexity index is 879. The van der Waals surface area contributed by atoms with Crippen LogP contribution in [0.5, 0.6) is 17.4 Å². The van der Waals surface area contributed by atoms with Crippen LogP contribution in [0.4, 0.5) is 0 Å². The fraction of sp³-hybridized carbons (Fsp3) is 0.368. The van der Waals surface area contributed by atoms with E-state index in [0.717, 1.165) is 29.7 Å². The normalized spacial score (nSPS) is 15.8. The van der Waals surface area contributed by atoms with Crippen LogP contribution in [0, 0.1) is 18.3 Å². The van der Waals surface area contributed by atoms with Crippen LogP contribution in [0.3, 0.4) is 0 Å². The zero-order chi connectivity index (χ0) is 18.7. The lowest BCUT2D eigenvalue weighted by Crippen LogP contribution is -2.21. The van der Waals surface area contributed by atoms with E-state index in [1.165, 1.54) is 0 Å². The molecule has 1 atom stereocenters. The van der Waals surface area contributed by atoms with Crippen LogP contribution in [0.15, 0.2) is 29.7 Å². The quantitative estimate of drug-likeness (QED) is 0.772. The van der Waals surface area contributed by atoms with Crippen LogP contribution in [0.25, 0.3) is 0 Å². The number of nitrogens with two attached hydrogens (primary N) is 1. The Morgan fingerprint density at radius 3 is 2.88 bits per heavy atom. The van der Waals surface area contributed by atoms with Crippen molar-refractivity contribution in [3.05, 3.63) is 46.5 Å². The van der Waals surface area contributed by atoms with Gasteiger partial charge in [0.2, 0.25) is 11.8 Å². The second-order valence-corrected chi connectivity index (χ2v) is 6.10. The fourth-order valence-electron chi connectivity index (χ4n) is 3.04. The molecule has 0 unspecified atom stereocenters. The molecule has 2 aromatic rings. The minimum Gasteiger partial charge on any atom is -0.493 e. The summed E-state index contributed by atoms with van der Waals surface area (Å²) in [6.07, 6.45) is 2.03. The molecule has 3 rings (SSSR count). The van der Waals surface area contributed by atoms with Crippen LogP contribution in [0.1, 0.15) is 42.5 Å². The van der Waals surface area contributed by atoms with E-state index < -0.39 is 0 Å². The van der Waals surface area contributed by atoms with Crippen LogP contribution in [0.2, 0.25) is 0 Å². The van der Waals surface area contributed by atoms with Gasteiger partial charge in [-0.1, -0.05) is 19.4 Å². The Balaban J connectivity index is 2.04. The third kappa shape index (κ3) is 3.06. The minimum atomic E-state index is -0.374. The lowest BCUT2D eigenvalue weighted by molar-refractivity contribution is 0.288. The van der Waals surface area contributed by atoms with Gasteiger partial charge in [-0.25, -0.2) is 0 Å². The van der Waals surface area contributed by atoms with Gasteiger partial charge in [0.15, 0.2) is 11.5 Å². The molecule has 0 fully saturated rings. The maximum atomic E-state index is 9.62. The van der Waals surface area contributed by atoms with Gasteiger partial charge in [0.05, 0.1) is 19.6 Å². The minimum absolute atomic E-state index is 0.0683. The Labute approximate surface area is 152 Å². The van der Waals surface area contributed by atoms with E-state index in [-0.39, 0.29) is 11.8 Å². The van der Waals surface area contributed by atoms with E-state index in [0.29, 0.717) is 29.6 Å². The Morgan fingerprint density at radius 2 is 2.19 bits per heavy atom. The molecule has 0 radical (unpaired) electrons. The SMILES string of the molecule is CCCCOc1ccc([C@@H]2C(C#N)=C(N)Oc3n[nH]c(C)c32)cc1OC. The largest absolute Gasteiger partial charge is 0.493 e. The highest BCUT2D eigenvalue weighted by Crippen LogP contribution is 2.44. The summed E-state index contributed by atoms with van der Waals surface area (Å²) >= 11 is 0. The molecular weight excluding hydrogens is 332 g/mol. The standard InChI is InChI=1S/C19H22N4O3/c1-4-5-8-25-14-7-6-12(9-15(14)24-3)17-13(10-20)18(21)26-19-16(17)11(2)22-23-19/h6-7,9,17H,4-5,8,21H2,1-3H3,(H,22,23)/t17-/m1/s1. The number of nitrogens with zero attached hydrogens (tertiary/aromatic N) is 2. The molecule has 0 saturated carbocycles. The molecule has 0 aliphatic carbocycles. The van der Waals surface area contributed by atoms with Crippen molar-refractivity contribution < 1.29 is 14.2 Å². The highest BCUT2D eigenvalue weighted by atomic mass is 16.5. The van der Waals surface area contributed by atoms with Crippen LogP contribution in [-0.2, 0) is 0 Å². The molecule has 0 amide bonds. The molecule has 2 heterocycles. The van der Waals surface area contributed by atoms with E-state index >= 15 is 0 Å². The van der Waals surface area contributed by atoms with Crippen molar-refractivity contribution in [1.82, 2.24) is 10.2 Å². The maximum absolute atomic E-state index is 9.62. The maximum Gasteiger partial charge on any atom is 0.244 e. The van der Waals surface area contributed by atoms with E-state index in [4.69, 9.17) is 19.9 Å². The van der Waals surface area contributed by atoms with E-state index in [9.17, 15) is 5.26 Å². The predicted octanol–water partition coefficient (Wildman–Crippen LogP) is 3.12. The number of rotatable bonds is 6. The van der Waals surface area contributed by atoms with Crippen molar-refractivity contribution >= 4 is 0 Å². The number of methoxy groups -OCH3 is 1. The third-order valence-corrected chi connectivity index (χ3v) is 4.41. The van der Waals surface area contributed by atoms with Crippen molar-refractivity contribution in [1.29, 1.82) is 5.26 Å². The number of aromatic nitrogens is 2. The summed E-state index contributed by atoms with van der Waals surface area (Å²) in [5.74, 6) is 1.38. The number of nitriles is 1. The Morgan fingerprint density at radius 1 is 1.38 bits per heavy atom. The zero-order valence-electron chi connectivity index (χ0n) is 15.1. The topological polar surface area (TPSA) is 106 Å². The van der Waals surface area contributed by atoms with Gasteiger partial charge < -0.3 is 19.9 Å². The molecule has 136 valence electrons. The van der Waals surface area contributed by atoms with Crippen molar-refractivity contribution in [3.63, 3.8) is 0 Å². The average Bonchev–Trinajstić information content (AvgIpc) is 3.01. The van der Waals surface area contributed by atoms with Gasteiger partial charge >= 0.3 is 0 Å². The van der Waals surface area contributed by atoms with Crippen LogP contribution in [-0.4, -0.2) is 23.9 Å². The molecule has 1 aliphatic heterocycles. The van der Waals surface area contributed by atoms with E-state index in [1.807, 2.05) is 25.1 Å². The molecule has 1 aliphatic rings. The average molecular weight is 354 g/mol. The smallest absolute Gasteiger partial charge is 0.244 e. The number of unbranched alkanes of at least 4 members (excludes halogenated alkanes) is 1. The Kier molecular flexibility index (Phi) is 5.03. The zero-order valence-corrected chi connectivity index (χ0v) is 15.1. The molecule has 0 bridgehead atoms. The van der Waals surface area contributed by atoms with E-state index in [1.54, 1.807) is 7.11 Å². The third-order valence-electron chi connectivity index (χ3n) is 4.41. The second-order valence-electron chi connectivity index (χ2n) is 6.10. The number of hydrogen-bond donors (Lipinski definition) is 2. The number of aryl methyl sites for hydroxylation is 1. The predicted molar refractivity (Wildman–Crippen MR) is 96.0 cm³/mol. The summed E-state index contributed by atoms with van der Waals surface area (Å²) < 4.78 is 16.8. The molecule has 1 aromatic heterocycles. The fourth-order valence-corrected chi connectivity index (χ4v) is 3.04.